The summed E-state index contributed by atoms with van der Waals surface area (Å²) < 4.78 is 0. The maximum Gasteiger partial charge on any atom is 0.0558 e. The van der Waals surface area contributed by atoms with E-state index in [4.69, 9.17) is 5.11 Å². The molecular weight excluding hydrogens is 246 g/mol. The van der Waals surface area contributed by atoms with Crippen molar-refractivity contribution in [3.8, 4) is 0 Å². The lowest BCUT2D eigenvalue weighted by Crippen LogP contribution is -2.26. The number of fused-ring (bicyclic) bond motifs is 1. The van der Waals surface area contributed by atoms with Crippen molar-refractivity contribution in [3.63, 3.8) is 0 Å². The minimum absolute atomic E-state index is 0. The van der Waals surface area contributed by atoms with E-state index in [1.54, 1.807) is 0 Å². The first kappa shape index (κ1) is 15.0. The molecular formula is C15H20ClNO. The molecule has 2 nitrogen and oxygen atoms in total. The fourth-order valence-electron chi connectivity index (χ4n) is 2.16. The molecule has 0 bridgehead atoms. The summed E-state index contributed by atoms with van der Waals surface area (Å²) in [6, 6.07) is 14.9. The van der Waals surface area contributed by atoms with Crippen molar-refractivity contribution in [1.82, 2.24) is 4.90 Å². The Morgan fingerprint density at radius 3 is 2.50 bits per heavy atom. The lowest BCUT2D eigenvalue weighted by molar-refractivity contribution is 0.197. The van der Waals surface area contributed by atoms with Gasteiger partial charge in [0.05, 0.1) is 6.61 Å². The predicted octanol–water partition coefficient (Wildman–Crippen LogP) is 3.08. The smallest absolute Gasteiger partial charge is 0.0558 e. The summed E-state index contributed by atoms with van der Waals surface area (Å²) in [5.41, 5.74) is 1.33. The third kappa shape index (κ3) is 3.45. The average Bonchev–Trinajstić information content (AvgIpc) is 2.38. The van der Waals surface area contributed by atoms with Gasteiger partial charge in [-0.2, -0.15) is 0 Å². The molecule has 2 aromatic rings. The highest BCUT2D eigenvalue weighted by molar-refractivity contribution is 5.85. The van der Waals surface area contributed by atoms with Crippen molar-refractivity contribution in [2.45, 2.75) is 13.5 Å². The molecule has 1 N–H and O–H groups in total. The topological polar surface area (TPSA) is 23.5 Å². The third-order valence-electron chi connectivity index (χ3n) is 3.14. The molecule has 3 heteroatoms. The second-order valence-electron chi connectivity index (χ2n) is 4.23. The molecule has 0 saturated carbocycles. The molecule has 0 aliphatic rings. The van der Waals surface area contributed by atoms with E-state index in [2.05, 4.69) is 54.3 Å². The Bertz CT molecular complexity index is 481. The highest BCUT2D eigenvalue weighted by Crippen LogP contribution is 2.19. The molecule has 0 aliphatic heterocycles. The molecule has 0 heterocycles. The molecule has 0 atom stereocenters. The normalized spacial score (nSPS) is 10.6. The first-order valence-electron chi connectivity index (χ1n) is 6.15. The Morgan fingerprint density at radius 1 is 1.06 bits per heavy atom. The highest BCUT2D eigenvalue weighted by Gasteiger charge is 2.05. The second-order valence-corrected chi connectivity index (χ2v) is 4.23. The number of aliphatic hydroxyl groups excluding tert-OH is 1. The van der Waals surface area contributed by atoms with Gasteiger partial charge in [0.1, 0.15) is 0 Å². The monoisotopic (exact) mass is 265 g/mol. The highest BCUT2D eigenvalue weighted by atomic mass is 35.5. The first-order chi connectivity index (χ1) is 8.35. The van der Waals surface area contributed by atoms with Crippen LogP contribution in [0, 0.1) is 0 Å². The molecule has 18 heavy (non-hydrogen) atoms. The van der Waals surface area contributed by atoms with E-state index in [9.17, 15) is 0 Å². The summed E-state index contributed by atoms with van der Waals surface area (Å²) in [7, 11) is 0. The van der Waals surface area contributed by atoms with E-state index >= 15 is 0 Å². The van der Waals surface area contributed by atoms with Crippen LogP contribution in [-0.4, -0.2) is 29.7 Å². The van der Waals surface area contributed by atoms with E-state index < -0.39 is 0 Å². The van der Waals surface area contributed by atoms with Crippen molar-refractivity contribution in [2.75, 3.05) is 19.7 Å². The Morgan fingerprint density at radius 2 is 1.78 bits per heavy atom. The zero-order chi connectivity index (χ0) is 12.1. The van der Waals surface area contributed by atoms with E-state index in [-0.39, 0.29) is 19.0 Å². The number of aliphatic hydroxyl groups is 1. The van der Waals surface area contributed by atoms with Crippen LogP contribution in [0.3, 0.4) is 0 Å². The first-order valence-corrected chi connectivity index (χ1v) is 6.15. The number of likely N-dealkylation sites (N-methyl/N-ethyl adjacent to an activating group) is 1. The fraction of sp³-hybridized carbons (Fsp3) is 0.333. The van der Waals surface area contributed by atoms with Crippen molar-refractivity contribution in [3.05, 3.63) is 48.0 Å². The van der Waals surface area contributed by atoms with E-state index in [0.29, 0.717) is 0 Å². The molecule has 0 aromatic heterocycles. The number of benzene rings is 2. The minimum Gasteiger partial charge on any atom is -0.395 e. The van der Waals surface area contributed by atoms with Crippen molar-refractivity contribution < 1.29 is 5.11 Å². The van der Waals surface area contributed by atoms with Gasteiger partial charge in [-0.05, 0) is 22.9 Å². The van der Waals surface area contributed by atoms with Crippen LogP contribution in [0.1, 0.15) is 12.5 Å². The Hall–Kier alpha value is -1.09. The SMILES string of the molecule is CCN(CCO)Cc1cccc2ccccc12.Cl. The number of rotatable bonds is 5. The number of nitrogens with zero attached hydrogens (tertiary/aromatic N) is 1. The quantitative estimate of drug-likeness (QED) is 0.898. The van der Waals surface area contributed by atoms with Crippen LogP contribution in [-0.2, 0) is 6.54 Å². The summed E-state index contributed by atoms with van der Waals surface area (Å²) in [4.78, 5) is 2.25. The standard InChI is InChI=1S/C15H19NO.ClH/c1-2-16(10-11-17)12-14-8-5-7-13-6-3-4-9-15(13)14;/h3-9,17H,2,10-12H2,1H3;1H. The molecule has 0 amide bonds. The molecule has 0 unspecified atom stereocenters. The zero-order valence-electron chi connectivity index (χ0n) is 10.7. The Kier molecular flexibility index (Phi) is 6.13. The van der Waals surface area contributed by atoms with E-state index in [1.165, 1.54) is 16.3 Å². The molecule has 0 aliphatic carbocycles. The van der Waals surface area contributed by atoms with Gasteiger partial charge in [0, 0.05) is 13.1 Å². The van der Waals surface area contributed by atoms with Crippen LogP contribution < -0.4 is 0 Å². The van der Waals surface area contributed by atoms with Gasteiger partial charge in [-0.25, -0.2) is 0 Å². The summed E-state index contributed by atoms with van der Waals surface area (Å²) in [6.07, 6.45) is 0. The Labute approximate surface area is 115 Å². The lowest BCUT2D eigenvalue weighted by Gasteiger charge is -2.20. The number of hydrogen-bond donors (Lipinski definition) is 1. The Balaban J connectivity index is 0.00000162. The van der Waals surface area contributed by atoms with Crippen LogP contribution in [0.2, 0.25) is 0 Å². The maximum absolute atomic E-state index is 9.02. The fourth-order valence-corrected chi connectivity index (χ4v) is 2.16. The van der Waals surface area contributed by atoms with Crippen molar-refractivity contribution >= 4 is 23.2 Å². The van der Waals surface area contributed by atoms with Gasteiger partial charge in [0.15, 0.2) is 0 Å². The van der Waals surface area contributed by atoms with Gasteiger partial charge < -0.3 is 5.11 Å². The van der Waals surface area contributed by atoms with Crippen molar-refractivity contribution in [2.24, 2.45) is 0 Å². The zero-order valence-corrected chi connectivity index (χ0v) is 11.5. The summed E-state index contributed by atoms with van der Waals surface area (Å²) >= 11 is 0. The average molecular weight is 266 g/mol. The molecule has 2 rings (SSSR count). The van der Waals surface area contributed by atoms with Crippen LogP contribution in [0.4, 0.5) is 0 Å². The van der Waals surface area contributed by atoms with Gasteiger partial charge >= 0.3 is 0 Å². The van der Waals surface area contributed by atoms with Crippen molar-refractivity contribution in [1.29, 1.82) is 0 Å². The largest absolute Gasteiger partial charge is 0.395 e. The maximum atomic E-state index is 9.02. The van der Waals surface area contributed by atoms with Crippen LogP contribution in [0.15, 0.2) is 42.5 Å². The van der Waals surface area contributed by atoms with Gasteiger partial charge in [-0.1, -0.05) is 49.4 Å². The molecule has 2 aromatic carbocycles. The molecule has 0 spiro atoms. The summed E-state index contributed by atoms with van der Waals surface area (Å²) in [5, 5.41) is 11.6. The molecule has 0 saturated heterocycles. The summed E-state index contributed by atoms with van der Waals surface area (Å²) in [6.45, 7) is 4.95. The molecule has 0 radical (unpaired) electrons. The third-order valence-corrected chi connectivity index (χ3v) is 3.14. The van der Waals surface area contributed by atoms with E-state index in [1.807, 2.05) is 0 Å². The van der Waals surface area contributed by atoms with Gasteiger partial charge in [0.25, 0.3) is 0 Å². The second kappa shape index (κ2) is 7.37. The van der Waals surface area contributed by atoms with E-state index in [0.717, 1.165) is 19.6 Å². The number of halogens is 1. The molecule has 98 valence electrons. The predicted molar refractivity (Wildman–Crippen MR) is 79.2 cm³/mol. The lowest BCUT2D eigenvalue weighted by atomic mass is 10.0. The van der Waals surface area contributed by atoms with Crippen LogP contribution in [0.25, 0.3) is 10.8 Å². The summed E-state index contributed by atoms with van der Waals surface area (Å²) in [5.74, 6) is 0. The van der Waals surface area contributed by atoms with Crippen LogP contribution >= 0.6 is 12.4 Å². The molecule has 0 fully saturated rings. The minimum atomic E-state index is 0. The van der Waals surface area contributed by atoms with Gasteiger partial charge in [-0.3, -0.25) is 4.90 Å². The van der Waals surface area contributed by atoms with Gasteiger partial charge in [0.2, 0.25) is 0 Å². The van der Waals surface area contributed by atoms with Gasteiger partial charge in [-0.15, -0.1) is 12.4 Å². The number of hydrogen-bond acceptors (Lipinski definition) is 2. The van der Waals surface area contributed by atoms with Crippen LogP contribution in [0.5, 0.6) is 0 Å².